The van der Waals surface area contributed by atoms with Crippen LogP contribution < -0.4 is 28.3 Å². The van der Waals surface area contributed by atoms with Crippen molar-refractivity contribution in [2.24, 2.45) is 39.8 Å². The fraction of sp³-hybridized carbons (Fsp3) is 0.333. The number of aromatic hydroxyl groups is 1. The summed E-state index contributed by atoms with van der Waals surface area (Å²) < 4.78 is 0. The van der Waals surface area contributed by atoms with E-state index in [1.54, 1.807) is 36.7 Å². The summed E-state index contributed by atoms with van der Waals surface area (Å²) in [6, 6.07) is 22.5. The highest BCUT2D eigenvalue weighted by atomic mass is 16.3. The van der Waals surface area contributed by atoms with E-state index in [1.807, 2.05) is 68.4 Å². The number of phenolic OH excluding ortho intramolecular Hbond substituents is 1. The van der Waals surface area contributed by atoms with E-state index in [0.29, 0.717) is 24.9 Å². The molecule has 0 saturated heterocycles. The molecule has 4 rings (SSSR count). The van der Waals surface area contributed by atoms with Gasteiger partial charge >= 0.3 is 0 Å². The maximum atomic E-state index is 14.2. The zero-order chi connectivity index (χ0) is 39.2. The molecular weight excluding hydrogens is 683 g/mol. The fourth-order valence-electron chi connectivity index (χ4n) is 6.57. The van der Waals surface area contributed by atoms with Crippen LogP contribution in [0.3, 0.4) is 0 Å². The number of aryl methyl sites for hydroxylation is 2. The first-order valence-electron chi connectivity index (χ1n) is 18.1. The topological polar surface area (TPSA) is 230 Å². The molecule has 12 heteroatoms. The van der Waals surface area contributed by atoms with E-state index >= 15 is 0 Å². The molecule has 1 aromatic heterocycles. The molecule has 12 nitrogen and oxygen atoms in total. The average Bonchev–Trinajstić information content (AvgIpc) is 3.14. The maximum absolute atomic E-state index is 14.2. The highest BCUT2D eigenvalue weighted by Gasteiger charge is 2.32. The van der Waals surface area contributed by atoms with E-state index in [9.17, 15) is 24.3 Å². The van der Waals surface area contributed by atoms with Crippen LogP contribution in [0.25, 0.3) is 11.1 Å². The first kappa shape index (κ1) is 40.9. The first-order valence-corrected chi connectivity index (χ1v) is 18.1. The minimum atomic E-state index is -1.04. The molecule has 0 fully saturated rings. The Bertz CT molecular complexity index is 1890. The van der Waals surface area contributed by atoms with Gasteiger partial charge in [-0.25, -0.2) is 0 Å². The van der Waals surface area contributed by atoms with Crippen LogP contribution in [0.5, 0.6) is 5.75 Å². The van der Waals surface area contributed by atoms with Crippen molar-refractivity contribution in [2.45, 2.75) is 70.9 Å². The van der Waals surface area contributed by atoms with Gasteiger partial charge in [0.15, 0.2) is 11.7 Å². The predicted molar refractivity (Wildman–Crippen MR) is 210 cm³/mol. The molecule has 10 N–H and O–H groups in total. The van der Waals surface area contributed by atoms with E-state index < -0.39 is 35.7 Å². The molecule has 0 aliphatic heterocycles. The van der Waals surface area contributed by atoms with Gasteiger partial charge in [0.25, 0.3) is 0 Å². The fourth-order valence-corrected chi connectivity index (χ4v) is 6.57. The van der Waals surface area contributed by atoms with Crippen molar-refractivity contribution in [3.8, 4) is 16.9 Å². The smallest absolute Gasteiger partial charge is 0.224 e. The van der Waals surface area contributed by atoms with Crippen LogP contribution in [0.4, 0.5) is 0 Å². The number of pyridine rings is 1. The Balaban J connectivity index is 1.56. The van der Waals surface area contributed by atoms with Gasteiger partial charge in [-0.1, -0.05) is 60.7 Å². The molecular formula is C42H51N7O5. The van der Waals surface area contributed by atoms with Gasteiger partial charge in [0.2, 0.25) is 11.8 Å². The average molecular weight is 734 g/mol. The molecule has 284 valence electrons. The van der Waals surface area contributed by atoms with E-state index in [2.05, 4.69) is 15.3 Å². The quantitative estimate of drug-likeness (QED) is 0.0442. The summed E-state index contributed by atoms with van der Waals surface area (Å²) in [5.41, 5.74) is 28.8. The van der Waals surface area contributed by atoms with Crippen LogP contribution in [-0.4, -0.2) is 58.1 Å². The number of amides is 2. The molecule has 0 bridgehead atoms. The Kier molecular flexibility index (Phi) is 15.0. The SMILES string of the molecule is Cc1cc(O)cc(C)c1C[C@H](CC(=O)[C@H](N)CCCN=C(N)N)C(=O)N[C@@H](Cc1cccnc1)C(=O)C[C@@H](Cc1ccc(-c2ccccc2)cc1)C(N)=O. The summed E-state index contributed by atoms with van der Waals surface area (Å²) >= 11 is 0. The molecule has 0 saturated carbocycles. The monoisotopic (exact) mass is 733 g/mol. The van der Waals surface area contributed by atoms with Gasteiger partial charge in [-0.05, 0) is 96.7 Å². The number of hydrogen-bond acceptors (Lipinski definition) is 8. The zero-order valence-corrected chi connectivity index (χ0v) is 30.9. The van der Waals surface area contributed by atoms with Crippen molar-refractivity contribution in [2.75, 3.05) is 6.54 Å². The normalized spacial score (nSPS) is 13.2. The number of benzene rings is 3. The van der Waals surface area contributed by atoms with Gasteiger partial charge < -0.3 is 33.4 Å². The second-order valence-electron chi connectivity index (χ2n) is 13.8. The lowest BCUT2D eigenvalue weighted by Gasteiger charge is -2.25. The van der Waals surface area contributed by atoms with Crippen molar-refractivity contribution in [1.82, 2.24) is 10.3 Å². The van der Waals surface area contributed by atoms with Gasteiger partial charge in [-0.3, -0.25) is 29.2 Å². The molecule has 4 aromatic rings. The number of nitrogens with two attached hydrogens (primary N) is 4. The summed E-state index contributed by atoms with van der Waals surface area (Å²) in [4.78, 5) is 62.6. The van der Waals surface area contributed by atoms with Gasteiger partial charge in [0.1, 0.15) is 11.5 Å². The summed E-state index contributed by atoms with van der Waals surface area (Å²) in [7, 11) is 0. The lowest BCUT2D eigenvalue weighted by atomic mass is 9.86. The third-order valence-corrected chi connectivity index (χ3v) is 9.59. The largest absolute Gasteiger partial charge is 0.508 e. The lowest BCUT2D eigenvalue weighted by molar-refractivity contribution is -0.133. The highest BCUT2D eigenvalue weighted by molar-refractivity contribution is 5.95. The third-order valence-electron chi connectivity index (χ3n) is 9.59. The predicted octanol–water partition coefficient (Wildman–Crippen LogP) is 3.60. The zero-order valence-electron chi connectivity index (χ0n) is 30.9. The highest BCUT2D eigenvalue weighted by Crippen LogP contribution is 2.26. The molecule has 0 aliphatic carbocycles. The van der Waals surface area contributed by atoms with E-state index in [-0.39, 0.29) is 55.4 Å². The van der Waals surface area contributed by atoms with Crippen LogP contribution in [0.1, 0.15) is 53.5 Å². The van der Waals surface area contributed by atoms with Gasteiger partial charge in [0.05, 0.1) is 12.1 Å². The molecule has 0 aliphatic rings. The summed E-state index contributed by atoms with van der Waals surface area (Å²) in [6.45, 7) is 3.95. The number of nitrogens with zero attached hydrogens (tertiary/aromatic N) is 2. The maximum Gasteiger partial charge on any atom is 0.224 e. The molecule has 0 radical (unpaired) electrons. The van der Waals surface area contributed by atoms with Gasteiger partial charge in [0, 0.05) is 50.0 Å². The number of ketones is 2. The first-order chi connectivity index (χ1) is 25.8. The van der Waals surface area contributed by atoms with Crippen LogP contribution in [0, 0.1) is 25.7 Å². The number of guanidine groups is 1. The summed E-state index contributed by atoms with van der Waals surface area (Å²) in [5, 5.41) is 13.1. The number of nitrogens with one attached hydrogen (secondary N) is 1. The number of carbonyl (C=O) groups is 4. The van der Waals surface area contributed by atoms with Crippen molar-refractivity contribution < 1.29 is 24.3 Å². The lowest BCUT2D eigenvalue weighted by Crippen LogP contribution is -2.47. The van der Waals surface area contributed by atoms with Crippen LogP contribution in [0.15, 0.2) is 96.2 Å². The molecule has 2 amide bonds. The van der Waals surface area contributed by atoms with Crippen molar-refractivity contribution >= 4 is 29.3 Å². The Labute approximate surface area is 316 Å². The van der Waals surface area contributed by atoms with Crippen molar-refractivity contribution in [3.05, 3.63) is 119 Å². The number of aliphatic imine (C=N–C) groups is 1. The number of primary amides is 1. The second-order valence-corrected chi connectivity index (χ2v) is 13.8. The minimum Gasteiger partial charge on any atom is -0.508 e. The molecule has 0 spiro atoms. The summed E-state index contributed by atoms with van der Waals surface area (Å²) in [6.07, 6.45) is 4.11. The van der Waals surface area contributed by atoms with E-state index in [0.717, 1.165) is 33.4 Å². The number of Topliss-reactive ketones (excluding diaryl/α,β-unsaturated/α-hetero) is 2. The Hall–Kier alpha value is -5.88. The van der Waals surface area contributed by atoms with Crippen LogP contribution >= 0.6 is 0 Å². The molecule has 1 heterocycles. The Morgan fingerprint density at radius 2 is 1.43 bits per heavy atom. The Morgan fingerprint density at radius 1 is 0.778 bits per heavy atom. The van der Waals surface area contributed by atoms with Crippen LogP contribution in [0.2, 0.25) is 0 Å². The molecule has 54 heavy (non-hydrogen) atoms. The van der Waals surface area contributed by atoms with Gasteiger partial charge in [-0.15, -0.1) is 0 Å². The van der Waals surface area contributed by atoms with Crippen LogP contribution in [-0.2, 0) is 38.4 Å². The summed E-state index contributed by atoms with van der Waals surface area (Å²) in [5.74, 6) is -3.54. The number of hydrogen-bond donors (Lipinski definition) is 6. The van der Waals surface area contributed by atoms with E-state index in [1.165, 1.54) is 0 Å². The van der Waals surface area contributed by atoms with Gasteiger partial charge in [-0.2, -0.15) is 0 Å². The third kappa shape index (κ3) is 12.4. The Morgan fingerprint density at radius 3 is 2.04 bits per heavy atom. The number of aromatic nitrogens is 1. The molecule has 4 atom stereocenters. The number of carbonyl (C=O) groups excluding carboxylic acids is 4. The minimum absolute atomic E-state index is 0.0544. The standard InChI is InChI=1S/C42H51N7O5/c1-26-18-34(50)19-27(2)35(26)22-33(24-38(51)36(43)11-7-17-48-42(45)46)41(54)49-37(21-29-8-6-16-47-25-29)39(52)23-32(40(44)53)20-28-12-14-31(15-13-28)30-9-4-3-5-10-30/h3-6,8-10,12-16,18-19,25,32-33,36-37,50H,7,11,17,20-24,43H2,1-2H3,(H2,44,53)(H,49,54)(H4,45,46,48)/t32-,33-,36-,37+/m1/s1. The van der Waals surface area contributed by atoms with Crippen molar-refractivity contribution in [1.29, 1.82) is 0 Å². The second kappa shape index (κ2) is 19.8. The number of rotatable bonds is 20. The number of phenols is 1. The van der Waals surface area contributed by atoms with Crippen molar-refractivity contribution in [3.63, 3.8) is 0 Å². The van der Waals surface area contributed by atoms with E-state index in [4.69, 9.17) is 22.9 Å². The molecule has 3 aromatic carbocycles. The molecule has 0 unspecified atom stereocenters.